The van der Waals surface area contributed by atoms with E-state index < -0.39 is 11.8 Å². The monoisotopic (exact) mass is 316 g/mol. The fourth-order valence-corrected chi connectivity index (χ4v) is 2.48. The van der Waals surface area contributed by atoms with E-state index in [1.807, 2.05) is 0 Å². The fraction of sp³-hybridized carbons (Fsp3) is 0.133. The number of benzene rings is 1. The van der Waals surface area contributed by atoms with Crippen molar-refractivity contribution in [2.24, 2.45) is 0 Å². The van der Waals surface area contributed by atoms with E-state index >= 15 is 0 Å². The molecule has 3 aromatic rings. The smallest absolute Gasteiger partial charge is 0.338 e. The van der Waals surface area contributed by atoms with E-state index in [1.165, 1.54) is 12.1 Å². The number of hydrogen-bond donors (Lipinski definition) is 4. The molecular formula is C15H13FN4O3. The summed E-state index contributed by atoms with van der Waals surface area (Å²) in [4.78, 5) is 32.0. The molecule has 0 saturated heterocycles. The van der Waals surface area contributed by atoms with Crippen molar-refractivity contribution in [3.05, 3.63) is 57.3 Å². The van der Waals surface area contributed by atoms with Gasteiger partial charge in [-0.15, -0.1) is 0 Å². The van der Waals surface area contributed by atoms with Gasteiger partial charge in [0.25, 0.3) is 5.56 Å². The van der Waals surface area contributed by atoms with E-state index in [4.69, 9.17) is 10.8 Å². The Morgan fingerprint density at radius 2 is 2.13 bits per heavy atom. The SMILES string of the molecule is Nc1nc2[nH]cc(CCc3ccc(C(=O)O)c(F)c3)c2c(=O)[nH]1. The summed E-state index contributed by atoms with van der Waals surface area (Å²) >= 11 is 0. The molecule has 2 heterocycles. The normalized spacial score (nSPS) is 11.0. The maximum atomic E-state index is 13.7. The van der Waals surface area contributed by atoms with Gasteiger partial charge in [-0.05, 0) is 36.1 Å². The number of carbonyl (C=O) groups is 1. The van der Waals surface area contributed by atoms with Crippen molar-refractivity contribution in [3.8, 4) is 0 Å². The Balaban J connectivity index is 1.85. The van der Waals surface area contributed by atoms with Gasteiger partial charge in [-0.25, -0.2) is 9.18 Å². The molecule has 0 bridgehead atoms. The molecule has 0 aliphatic rings. The van der Waals surface area contributed by atoms with Crippen molar-refractivity contribution in [3.63, 3.8) is 0 Å². The Kier molecular flexibility index (Phi) is 3.57. The third kappa shape index (κ3) is 2.78. The first-order valence-electron chi connectivity index (χ1n) is 6.83. The molecular weight excluding hydrogens is 303 g/mol. The van der Waals surface area contributed by atoms with Gasteiger partial charge in [0.2, 0.25) is 5.95 Å². The number of hydrogen-bond acceptors (Lipinski definition) is 4. The van der Waals surface area contributed by atoms with Crippen LogP contribution in [0.1, 0.15) is 21.5 Å². The largest absolute Gasteiger partial charge is 0.478 e. The molecule has 0 amide bonds. The number of rotatable bonds is 4. The van der Waals surface area contributed by atoms with Crippen LogP contribution in [0.15, 0.2) is 29.2 Å². The zero-order valence-electron chi connectivity index (χ0n) is 11.9. The van der Waals surface area contributed by atoms with E-state index in [1.54, 1.807) is 12.3 Å². The highest BCUT2D eigenvalue weighted by Crippen LogP contribution is 2.17. The van der Waals surface area contributed by atoms with Crippen LogP contribution in [0.4, 0.5) is 10.3 Å². The number of aromatic amines is 2. The van der Waals surface area contributed by atoms with Crippen molar-refractivity contribution >= 4 is 23.0 Å². The third-order valence-corrected chi connectivity index (χ3v) is 3.59. The second kappa shape index (κ2) is 5.56. The van der Waals surface area contributed by atoms with Crippen molar-refractivity contribution in [1.82, 2.24) is 15.0 Å². The van der Waals surface area contributed by atoms with E-state index in [0.717, 1.165) is 5.56 Å². The van der Waals surface area contributed by atoms with Gasteiger partial charge in [-0.2, -0.15) is 4.98 Å². The summed E-state index contributed by atoms with van der Waals surface area (Å²) in [6.45, 7) is 0. The molecule has 23 heavy (non-hydrogen) atoms. The van der Waals surface area contributed by atoms with Crippen LogP contribution in [0, 0.1) is 5.82 Å². The third-order valence-electron chi connectivity index (χ3n) is 3.59. The number of anilines is 1. The molecule has 2 aromatic heterocycles. The molecule has 1 aromatic carbocycles. The molecule has 5 N–H and O–H groups in total. The lowest BCUT2D eigenvalue weighted by Crippen LogP contribution is -2.11. The summed E-state index contributed by atoms with van der Waals surface area (Å²) in [6.07, 6.45) is 2.59. The molecule has 0 saturated carbocycles. The van der Waals surface area contributed by atoms with Crippen LogP contribution >= 0.6 is 0 Å². The van der Waals surface area contributed by atoms with Gasteiger partial charge in [0, 0.05) is 6.20 Å². The Labute approximate surface area is 129 Å². The van der Waals surface area contributed by atoms with Crippen LogP contribution in [0.2, 0.25) is 0 Å². The number of nitrogen functional groups attached to an aromatic ring is 1. The Hall–Kier alpha value is -3.16. The van der Waals surface area contributed by atoms with Crippen LogP contribution in [-0.4, -0.2) is 26.0 Å². The maximum Gasteiger partial charge on any atom is 0.338 e. The van der Waals surface area contributed by atoms with Gasteiger partial charge in [-0.3, -0.25) is 9.78 Å². The summed E-state index contributed by atoms with van der Waals surface area (Å²) in [6, 6.07) is 3.98. The lowest BCUT2D eigenvalue weighted by Gasteiger charge is -2.03. The molecule has 0 atom stereocenters. The predicted molar refractivity (Wildman–Crippen MR) is 81.9 cm³/mol. The van der Waals surface area contributed by atoms with Gasteiger partial charge in [0.1, 0.15) is 11.5 Å². The number of carboxylic acid groups (broad SMARTS) is 1. The van der Waals surface area contributed by atoms with Crippen LogP contribution in [0.3, 0.4) is 0 Å². The highest BCUT2D eigenvalue weighted by molar-refractivity contribution is 5.87. The second-order valence-electron chi connectivity index (χ2n) is 5.11. The molecule has 7 nitrogen and oxygen atoms in total. The van der Waals surface area contributed by atoms with Crippen molar-refractivity contribution in [1.29, 1.82) is 0 Å². The Morgan fingerprint density at radius 3 is 2.83 bits per heavy atom. The molecule has 0 unspecified atom stereocenters. The molecule has 0 fully saturated rings. The summed E-state index contributed by atoms with van der Waals surface area (Å²) in [5, 5.41) is 9.23. The average Bonchev–Trinajstić information content (AvgIpc) is 2.88. The number of fused-ring (bicyclic) bond motifs is 1. The summed E-state index contributed by atoms with van der Waals surface area (Å²) < 4.78 is 13.7. The molecule has 8 heteroatoms. The number of aromatic carboxylic acids is 1. The highest BCUT2D eigenvalue weighted by atomic mass is 19.1. The number of nitrogens with two attached hydrogens (primary N) is 1. The molecule has 118 valence electrons. The van der Waals surface area contributed by atoms with E-state index in [-0.39, 0.29) is 17.1 Å². The molecule has 0 radical (unpaired) electrons. The number of halogens is 1. The topological polar surface area (TPSA) is 125 Å². The number of H-pyrrole nitrogens is 2. The first-order valence-corrected chi connectivity index (χ1v) is 6.83. The highest BCUT2D eigenvalue weighted by Gasteiger charge is 2.12. The van der Waals surface area contributed by atoms with Gasteiger partial charge in [0.15, 0.2) is 0 Å². The quantitative estimate of drug-likeness (QED) is 0.580. The van der Waals surface area contributed by atoms with Crippen molar-refractivity contribution in [2.75, 3.05) is 5.73 Å². The fourth-order valence-electron chi connectivity index (χ4n) is 2.48. The van der Waals surface area contributed by atoms with Crippen molar-refractivity contribution < 1.29 is 14.3 Å². The molecule has 0 aliphatic heterocycles. The van der Waals surface area contributed by atoms with Gasteiger partial charge < -0.3 is 15.8 Å². The Bertz CT molecular complexity index is 961. The summed E-state index contributed by atoms with van der Waals surface area (Å²) in [5.41, 5.74) is 6.55. The van der Waals surface area contributed by atoms with Crippen molar-refractivity contribution in [2.45, 2.75) is 12.8 Å². The van der Waals surface area contributed by atoms with Gasteiger partial charge >= 0.3 is 5.97 Å². The summed E-state index contributed by atoms with van der Waals surface area (Å²) in [5.74, 6) is -2.05. The van der Waals surface area contributed by atoms with Crippen LogP contribution in [0.5, 0.6) is 0 Å². The first-order chi connectivity index (χ1) is 11.0. The van der Waals surface area contributed by atoms with Crippen LogP contribution in [-0.2, 0) is 12.8 Å². The number of nitrogens with zero attached hydrogens (tertiary/aromatic N) is 1. The minimum atomic E-state index is -1.30. The maximum absolute atomic E-state index is 13.7. The molecule has 3 rings (SSSR count). The summed E-state index contributed by atoms with van der Waals surface area (Å²) in [7, 11) is 0. The first kappa shape index (κ1) is 14.8. The Morgan fingerprint density at radius 1 is 1.35 bits per heavy atom. The standard InChI is InChI=1S/C15H13FN4O3/c16-10-5-7(2-4-9(10)14(22)23)1-3-8-6-18-12-11(8)13(21)20-15(17)19-12/h2,4-6H,1,3H2,(H,22,23)(H4,17,18,19,20,21). The van der Waals surface area contributed by atoms with Crippen LogP contribution in [0.25, 0.3) is 11.0 Å². The zero-order valence-corrected chi connectivity index (χ0v) is 11.9. The minimum absolute atomic E-state index is 0.0298. The van der Waals surface area contributed by atoms with E-state index in [0.29, 0.717) is 29.4 Å². The minimum Gasteiger partial charge on any atom is -0.478 e. The molecule has 0 spiro atoms. The van der Waals surface area contributed by atoms with Crippen LogP contribution < -0.4 is 11.3 Å². The number of carboxylic acids is 1. The van der Waals surface area contributed by atoms with Gasteiger partial charge in [0.05, 0.1) is 10.9 Å². The average molecular weight is 316 g/mol. The zero-order chi connectivity index (χ0) is 16.6. The number of aryl methyl sites for hydroxylation is 2. The number of nitrogens with one attached hydrogen (secondary N) is 2. The predicted octanol–water partition coefficient (Wildman–Crippen LogP) is 1.46. The van der Waals surface area contributed by atoms with E-state index in [9.17, 15) is 14.0 Å². The lowest BCUT2D eigenvalue weighted by molar-refractivity contribution is 0.0692. The van der Waals surface area contributed by atoms with Gasteiger partial charge in [-0.1, -0.05) is 6.07 Å². The second-order valence-corrected chi connectivity index (χ2v) is 5.11. The molecule has 0 aliphatic carbocycles. The lowest BCUT2D eigenvalue weighted by atomic mass is 10.0. The van der Waals surface area contributed by atoms with E-state index in [2.05, 4.69) is 15.0 Å². The number of aromatic nitrogens is 3.